The van der Waals surface area contributed by atoms with Crippen LogP contribution in [0.1, 0.15) is 16.9 Å². The smallest absolute Gasteiger partial charge is 0.277 e. The molecule has 0 aliphatic carbocycles. The van der Waals surface area contributed by atoms with Crippen LogP contribution in [0.2, 0.25) is 0 Å². The molecule has 4 rings (SSSR count). The number of amides is 1. The molecular weight excluding hydrogens is 374 g/mol. The summed E-state index contributed by atoms with van der Waals surface area (Å²) in [7, 11) is -3.21. The standard InChI is InChI=1S/C17H15N3O4S2/c21-17(14-11-15(24-19-14)16-3-1-9-25-16)18-12-4-6-13(7-5-12)20-8-2-10-26(20,22)23/h1,3-7,9,11H,2,8,10H2,(H,18,21). The predicted molar refractivity (Wildman–Crippen MR) is 100.0 cm³/mol. The molecule has 3 heterocycles. The van der Waals surface area contributed by atoms with Crippen molar-refractivity contribution in [2.24, 2.45) is 0 Å². The molecule has 0 unspecified atom stereocenters. The summed E-state index contributed by atoms with van der Waals surface area (Å²) in [6.07, 6.45) is 0.625. The highest BCUT2D eigenvalue weighted by molar-refractivity contribution is 7.93. The number of hydrogen-bond donors (Lipinski definition) is 1. The van der Waals surface area contributed by atoms with Crippen molar-refractivity contribution >= 4 is 38.6 Å². The maximum Gasteiger partial charge on any atom is 0.277 e. The van der Waals surface area contributed by atoms with Gasteiger partial charge < -0.3 is 9.84 Å². The normalized spacial score (nSPS) is 15.9. The van der Waals surface area contributed by atoms with Gasteiger partial charge in [0, 0.05) is 18.3 Å². The molecule has 0 bridgehead atoms. The Morgan fingerprint density at radius 2 is 2.04 bits per heavy atom. The van der Waals surface area contributed by atoms with Crippen LogP contribution in [0.25, 0.3) is 10.6 Å². The highest BCUT2D eigenvalue weighted by atomic mass is 32.2. The Morgan fingerprint density at radius 3 is 2.69 bits per heavy atom. The van der Waals surface area contributed by atoms with E-state index >= 15 is 0 Å². The highest BCUT2D eigenvalue weighted by Gasteiger charge is 2.28. The number of carbonyl (C=O) groups is 1. The fourth-order valence-electron chi connectivity index (χ4n) is 2.75. The molecule has 0 radical (unpaired) electrons. The third kappa shape index (κ3) is 3.23. The average molecular weight is 389 g/mol. The molecule has 1 aliphatic heterocycles. The van der Waals surface area contributed by atoms with E-state index in [4.69, 9.17) is 4.52 Å². The van der Waals surface area contributed by atoms with Crippen molar-refractivity contribution in [3.05, 3.63) is 53.5 Å². The van der Waals surface area contributed by atoms with E-state index in [9.17, 15) is 13.2 Å². The molecule has 26 heavy (non-hydrogen) atoms. The van der Waals surface area contributed by atoms with Crippen molar-refractivity contribution < 1.29 is 17.7 Å². The predicted octanol–water partition coefficient (Wildman–Crippen LogP) is 3.20. The molecule has 134 valence electrons. The van der Waals surface area contributed by atoms with E-state index in [1.807, 2.05) is 17.5 Å². The monoisotopic (exact) mass is 389 g/mol. The van der Waals surface area contributed by atoms with Gasteiger partial charge in [-0.05, 0) is 42.1 Å². The molecule has 9 heteroatoms. The molecule has 1 aliphatic rings. The molecule has 1 saturated heterocycles. The van der Waals surface area contributed by atoms with Gasteiger partial charge in [-0.3, -0.25) is 9.10 Å². The lowest BCUT2D eigenvalue weighted by Gasteiger charge is -2.17. The summed E-state index contributed by atoms with van der Waals surface area (Å²) in [6.45, 7) is 0.485. The summed E-state index contributed by atoms with van der Waals surface area (Å²) in [5.74, 6) is 0.322. The first-order valence-corrected chi connectivity index (χ1v) is 10.4. The van der Waals surface area contributed by atoms with Crippen LogP contribution in [0.4, 0.5) is 11.4 Å². The number of anilines is 2. The van der Waals surface area contributed by atoms with Gasteiger partial charge in [-0.1, -0.05) is 11.2 Å². The minimum absolute atomic E-state index is 0.171. The first-order valence-electron chi connectivity index (χ1n) is 7.95. The van der Waals surface area contributed by atoms with Crippen LogP contribution in [-0.4, -0.2) is 31.8 Å². The Balaban J connectivity index is 1.47. The lowest BCUT2D eigenvalue weighted by molar-refractivity contribution is 0.101. The molecule has 1 N–H and O–H groups in total. The van der Waals surface area contributed by atoms with Gasteiger partial charge in [0.2, 0.25) is 10.0 Å². The fourth-order valence-corrected chi connectivity index (χ4v) is 4.99. The molecule has 0 spiro atoms. The molecular formula is C17H15N3O4S2. The molecule has 1 amide bonds. The highest BCUT2D eigenvalue weighted by Crippen LogP contribution is 2.27. The van der Waals surface area contributed by atoms with E-state index in [-0.39, 0.29) is 11.4 Å². The Hall–Kier alpha value is -2.65. The SMILES string of the molecule is O=C(Nc1ccc(N2CCCS2(=O)=O)cc1)c1cc(-c2cccs2)on1. The number of nitrogens with one attached hydrogen (secondary N) is 1. The van der Waals surface area contributed by atoms with Crippen molar-refractivity contribution in [1.82, 2.24) is 5.16 Å². The van der Waals surface area contributed by atoms with E-state index in [0.717, 1.165) is 4.88 Å². The van der Waals surface area contributed by atoms with E-state index < -0.39 is 15.9 Å². The van der Waals surface area contributed by atoms with Gasteiger partial charge >= 0.3 is 0 Å². The van der Waals surface area contributed by atoms with E-state index in [1.54, 1.807) is 30.3 Å². The molecule has 1 fully saturated rings. The van der Waals surface area contributed by atoms with Crippen molar-refractivity contribution in [3.8, 4) is 10.6 Å². The first kappa shape index (κ1) is 16.8. The number of hydrogen-bond acceptors (Lipinski definition) is 6. The number of sulfonamides is 1. The van der Waals surface area contributed by atoms with Crippen molar-refractivity contribution in [3.63, 3.8) is 0 Å². The maximum absolute atomic E-state index is 12.3. The molecule has 7 nitrogen and oxygen atoms in total. The number of rotatable bonds is 4. The number of carbonyl (C=O) groups excluding carboxylic acids is 1. The summed E-state index contributed by atoms with van der Waals surface area (Å²) >= 11 is 1.50. The summed E-state index contributed by atoms with van der Waals surface area (Å²) in [4.78, 5) is 13.2. The van der Waals surface area contributed by atoms with Crippen LogP contribution in [0.5, 0.6) is 0 Å². The first-order chi connectivity index (χ1) is 12.5. The average Bonchev–Trinajstić information content (AvgIpc) is 3.35. The van der Waals surface area contributed by atoms with Gasteiger partial charge in [-0.2, -0.15) is 0 Å². The van der Waals surface area contributed by atoms with Crippen LogP contribution in [0.3, 0.4) is 0 Å². The Bertz CT molecular complexity index is 1020. The summed E-state index contributed by atoms with van der Waals surface area (Å²) < 4.78 is 30.5. The van der Waals surface area contributed by atoms with Crippen LogP contribution in [0.15, 0.2) is 52.4 Å². The molecule has 0 saturated carbocycles. The maximum atomic E-state index is 12.3. The minimum atomic E-state index is -3.21. The molecule has 1 aromatic carbocycles. The van der Waals surface area contributed by atoms with E-state index in [2.05, 4.69) is 10.5 Å². The summed E-state index contributed by atoms with van der Waals surface area (Å²) in [6, 6.07) is 12.1. The third-order valence-electron chi connectivity index (χ3n) is 4.02. The largest absolute Gasteiger partial charge is 0.355 e. The number of nitrogens with zero attached hydrogens (tertiary/aromatic N) is 2. The van der Waals surface area contributed by atoms with Gasteiger partial charge in [0.1, 0.15) is 0 Å². The van der Waals surface area contributed by atoms with Crippen LogP contribution < -0.4 is 9.62 Å². The van der Waals surface area contributed by atoms with Crippen molar-refractivity contribution in [2.75, 3.05) is 21.9 Å². The Labute approximate surface area is 154 Å². The molecule has 3 aromatic rings. The Kier molecular flexibility index (Phi) is 4.25. The summed E-state index contributed by atoms with van der Waals surface area (Å²) in [5.41, 5.74) is 1.33. The van der Waals surface area contributed by atoms with Crippen molar-refractivity contribution in [1.29, 1.82) is 0 Å². The van der Waals surface area contributed by atoms with Gasteiger partial charge in [0.15, 0.2) is 11.5 Å². The third-order valence-corrected chi connectivity index (χ3v) is 6.77. The van der Waals surface area contributed by atoms with Crippen LogP contribution >= 0.6 is 11.3 Å². The van der Waals surface area contributed by atoms with Gasteiger partial charge in [0.05, 0.1) is 16.3 Å². The second-order valence-corrected chi connectivity index (χ2v) is 8.76. The lowest BCUT2D eigenvalue weighted by Crippen LogP contribution is -2.25. The van der Waals surface area contributed by atoms with Gasteiger partial charge in [0.25, 0.3) is 5.91 Å². The molecule has 0 atom stereocenters. The second-order valence-electron chi connectivity index (χ2n) is 5.80. The van der Waals surface area contributed by atoms with Gasteiger partial charge in [-0.25, -0.2) is 8.42 Å². The van der Waals surface area contributed by atoms with E-state index in [1.165, 1.54) is 15.6 Å². The van der Waals surface area contributed by atoms with Crippen LogP contribution in [0, 0.1) is 0 Å². The molecule has 2 aromatic heterocycles. The number of aromatic nitrogens is 1. The van der Waals surface area contributed by atoms with E-state index in [0.29, 0.717) is 30.1 Å². The minimum Gasteiger partial charge on any atom is -0.355 e. The van der Waals surface area contributed by atoms with Crippen molar-refractivity contribution in [2.45, 2.75) is 6.42 Å². The van der Waals surface area contributed by atoms with Crippen LogP contribution in [-0.2, 0) is 10.0 Å². The Morgan fingerprint density at radius 1 is 1.23 bits per heavy atom. The zero-order valence-corrected chi connectivity index (χ0v) is 15.2. The topological polar surface area (TPSA) is 92.5 Å². The zero-order valence-electron chi connectivity index (χ0n) is 13.6. The number of benzene rings is 1. The second kappa shape index (κ2) is 6.58. The number of thiophene rings is 1. The summed E-state index contributed by atoms with van der Waals surface area (Å²) in [5, 5.41) is 8.45. The lowest BCUT2D eigenvalue weighted by atomic mass is 10.2. The zero-order chi connectivity index (χ0) is 18.1. The quantitative estimate of drug-likeness (QED) is 0.740. The fraction of sp³-hybridized carbons (Fsp3) is 0.176. The van der Waals surface area contributed by atoms with Gasteiger partial charge in [-0.15, -0.1) is 11.3 Å².